The van der Waals surface area contributed by atoms with Crippen LogP contribution in [0.4, 0.5) is 10.5 Å². The Kier molecular flexibility index (Phi) is 14.8. The number of primary amides is 1. The van der Waals surface area contributed by atoms with Crippen molar-refractivity contribution in [2.45, 2.75) is 71.1 Å². The van der Waals surface area contributed by atoms with Crippen molar-refractivity contribution in [1.29, 1.82) is 0 Å². The van der Waals surface area contributed by atoms with E-state index in [0.717, 1.165) is 0 Å². The van der Waals surface area contributed by atoms with E-state index in [2.05, 4.69) is 26.3 Å². The number of nitrogens with two attached hydrogens (primary N) is 3. The highest BCUT2D eigenvalue weighted by molar-refractivity contribution is 5.99. The maximum atomic E-state index is 13.2. The van der Waals surface area contributed by atoms with Crippen LogP contribution in [-0.2, 0) is 23.9 Å². The molecule has 1 aromatic carbocycles. The summed E-state index contributed by atoms with van der Waals surface area (Å²) in [6.45, 7) is 6.30. The lowest BCUT2D eigenvalue weighted by molar-refractivity contribution is -0.129. The number of carbonyl (C=O) groups excluding carboxylic acids is 5. The van der Waals surface area contributed by atoms with Crippen molar-refractivity contribution < 1.29 is 33.1 Å². The van der Waals surface area contributed by atoms with Crippen LogP contribution in [0.25, 0.3) is 11.0 Å². The second-order valence-electron chi connectivity index (χ2n) is 10.9. The highest BCUT2D eigenvalue weighted by Crippen LogP contribution is 2.21. The highest BCUT2D eigenvalue weighted by atomic mass is 35.5. The minimum absolute atomic E-state index is 0. The SMILES string of the molecule is Cc1cc(=O)oc2cc(NC(=O)C(CCCN=C(N)N)NC(=O)CNC(=O)C(CCC(N)=O)NC(=O)OC(C)(C)C)ccc12.Cl. The maximum absolute atomic E-state index is 13.2. The molecule has 0 fully saturated rings. The van der Waals surface area contributed by atoms with Gasteiger partial charge in [-0.15, -0.1) is 12.4 Å². The van der Waals surface area contributed by atoms with Gasteiger partial charge >= 0.3 is 11.7 Å². The minimum Gasteiger partial charge on any atom is -0.444 e. The minimum atomic E-state index is -1.22. The standard InChI is InChI=1S/C28H40N8O8.ClH/c1-15-12-23(39)43-20-13-16(7-8-17(15)20)34-25(41)18(6-5-11-32-26(30)31)35-22(38)14-33-24(40)19(9-10-21(29)37)36-27(42)44-28(2,3)4;/h7-8,12-13,18-19H,5-6,9-11,14H2,1-4H3,(H2,29,37)(H,33,40)(H,34,41)(H,35,38)(H,36,42)(H4,30,31,32);1H. The molecule has 0 aliphatic rings. The van der Waals surface area contributed by atoms with Gasteiger partial charge < -0.3 is 47.6 Å². The molecule has 2 rings (SSSR count). The van der Waals surface area contributed by atoms with E-state index in [9.17, 15) is 28.8 Å². The van der Waals surface area contributed by atoms with Gasteiger partial charge in [-0.2, -0.15) is 0 Å². The molecule has 248 valence electrons. The quantitative estimate of drug-likeness (QED) is 0.0634. The molecule has 10 N–H and O–H groups in total. The van der Waals surface area contributed by atoms with Crippen LogP contribution >= 0.6 is 12.4 Å². The Morgan fingerprint density at radius 3 is 2.27 bits per heavy atom. The Hall–Kier alpha value is -4.86. The predicted octanol–water partition coefficient (Wildman–Crippen LogP) is 0.275. The van der Waals surface area contributed by atoms with Gasteiger partial charge in [-0.25, -0.2) is 9.59 Å². The van der Waals surface area contributed by atoms with Crippen LogP contribution in [0.15, 0.2) is 38.5 Å². The Bertz CT molecular complexity index is 1470. The number of aliphatic imine (C=N–C) groups is 1. The van der Waals surface area contributed by atoms with Crippen molar-refractivity contribution in [2.75, 3.05) is 18.4 Å². The molecular weight excluding hydrogens is 612 g/mol. The zero-order valence-electron chi connectivity index (χ0n) is 25.6. The largest absolute Gasteiger partial charge is 0.444 e. The molecule has 1 heterocycles. The van der Waals surface area contributed by atoms with Crippen LogP contribution in [-0.4, -0.2) is 66.5 Å². The number of fused-ring (bicyclic) bond motifs is 1. The van der Waals surface area contributed by atoms with Crippen molar-refractivity contribution in [3.63, 3.8) is 0 Å². The van der Waals surface area contributed by atoms with Gasteiger partial charge in [-0.1, -0.05) is 0 Å². The summed E-state index contributed by atoms with van der Waals surface area (Å²) in [5.41, 5.74) is 15.8. The number of guanidine groups is 1. The zero-order chi connectivity index (χ0) is 33.0. The average Bonchev–Trinajstić information content (AvgIpc) is 2.89. The van der Waals surface area contributed by atoms with Gasteiger partial charge in [0.2, 0.25) is 23.6 Å². The van der Waals surface area contributed by atoms with Crippen LogP contribution in [0.3, 0.4) is 0 Å². The summed E-state index contributed by atoms with van der Waals surface area (Å²) >= 11 is 0. The Labute approximate surface area is 265 Å². The van der Waals surface area contributed by atoms with Crippen molar-refractivity contribution in [2.24, 2.45) is 22.2 Å². The topological polar surface area (TPSA) is 263 Å². The lowest BCUT2D eigenvalue weighted by Crippen LogP contribution is -2.52. The molecule has 0 bridgehead atoms. The molecule has 2 aromatic rings. The van der Waals surface area contributed by atoms with Gasteiger partial charge in [0.15, 0.2) is 5.96 Å². The van der Waals surface area contributed by atoms with Gasteiger partial charge in [0.1, 0.15) is 23.3 Å². The number of rotatable bonds is 14. The lowest BCUT2D eigenvalue weighted by Gasteiger charge is -2.23. The van der Waals surface area contributed by atoms with Crippen LogP contribution < -0.4 is 44.1 Å². The summed E-state index contributed by atoms with van der Waals surface area (Å²) in [6.07, 6.45) is -0.791. The molecule has 5 amide bonds. The fourth-order valence-corrected chi connectivity index (χ4v) is 3.95. The average molecular weight is 653 g/mol. The molecule has 0 spiro atoms. The third kappa shape index (κ3) is 14.0. The molecule has 0 aliphatic heterocycles. The first kappa shape index (κ1) is 38.2. The first-order valence-electron chi connectivity index (χ1n) is 13.8. The number of aryl methyl sites for hydroxylation is 1. The molecule has 2 unspecified atom stereocenters. The van der Waals surface area contributed by atoms with E-state index in [0.29, 0.717) is 23.1 Å². The van der Waals surface area contributed by atoms with Gasteiger partial charge in [0.25, 0.3) is 0 Å². The molecule has 45 heavy (non-hydrogen) atoms. The maximum Gasteiger partial charge on any atom is 0.408 e. The molecule has 0 saturated heterocycles. The van der Waals surface area contributed by atoms with Crippen molar-refractivity contribution in [3.8, 4) is 0 Å². The Balaban J connectivity index is 0.0000101. The van der Waals surface area contributed by atoms with Crippen LogP contribution in [0.1, 0.15) is 52.0 Å². The second kappa shape index (κ2) is 17.4. The summed E-state index contributed by atoms with van der Waals surface area (Å²) in [7, 11) is 0. The van der Waals surface area contributed by atoms with E-state index < -0.39 is 59.6 Å². The van der Waals surface area contributed by atoms with E-state index in [4.69, 9.17) is 26.4 Å². The smallest absolute Gasteiger partial charge is 0.408 e. The number of ether oxygens (including phenoxy) is 1. The van der Waals surface area contributed by atoms with E-state index in [1.165, 1.54) is 12.1 Å². The molecule has 1 aromatic heterocycles. The van der Waals surface area contributed by atoms with E-state index >= 15 is 0 Å². The molecular formula is C28H41ClN8O8. The van der Waals surface area contributed by atoms with Gasteiger partial charge in [0.05, 0.1) is 6.54 Å². The summed E-state index contributed by atoms with van der Waals surface area (Å²) in [4.78, 5) is 77.9. The Morgan fingerprint density at radius 2 is 1.64 bits per heavy atom. The van der Waals surface area contributed by atoms with E-state index in [1.54, 1.807) is 39.8 Å². The molecule has 16 nitrogen and oxygen atoms in total. The number of hydrogen-bond donors (Lipinski definition) is 7. The van der Waals surface area contributed by atoms with Gasteiger partial charge in [-0.05, 0) is 64.7 Å². The van der Waals surface area contributed by atoms with Crippen LogP contribution in [0.5, 0.6) is 0 Å². The van der Waals surface area contributed by atoms with Crippen molar-refractivity contribution in [3.05, 3.63) is 40.2 Å². The number of carbonyl (C=O) groups is 5. The van der Waals surface area contributed by atoms with Crippen LogP contribution in [0, 0.1) is 6.92 Å². The lowest BCUT2D eigenvalue weighted by atomic mass is 10.1. The zero-order valence-corrected chi connectivity index (χ0v) is 26.4. The Morgan fingerprint density at radius 1 is 0.978 bits per heavy atom. The third-order valence-corrected chi connectivity index (χ3v) is 5.93. The summed E-state index contributed by atoms with van der Waals surface area (Å²) in [5, 5.41) is 10.7. The molecule has 2 atom stereocenters. The second-order valence-corrected chi connectivity index (χ2v) is 10.9. The normalized spacial score (nSPS) is 12.1. The number of benzene rings is 1. The summed E-state index contributed by atoms with van der Waals surface area (Å²) in [6, 6.07) is 3.86. The number of alkyl carbamates (subject to hydrolysis) is 1. The van der Waals surface area contributed by atoms with Crippen LogP contribution in [0.2, 0.25) is 0 Å². The van der Waals surface area contributed by atoms with Gasteiger partial charge in [0, 0.05) is 36.2 Å². The van der Waals surface area contributed by atoms with Crippen molar-refractivity contribution >= 4 is 64.7 Å². The molecule has 0 saturated carbocycles. The fraction of sp³-hybridized carbons (Fsp3) is 0.464. The van der Waals surface area contributed by atoms with E-state index in [-0.39, 0.29) is 49.8 Å². The summed E-state index contributed by atoms with van der Waals surface area (Å²) in [5.74, 6) is -2.89. The third-order valence-electron chi connectivity index (χ3n) is 5.93. The first-order valence-corrected chi connectivity index (χ1v) is 13.8. The number of nitrogens with one attached hydrogen (secondary N) is 4. The van der Waals surface area contributed by atoms with E-state index in [1.807, 2.05) is 0 Å². The number of amides is 5. The monoisotopic (exact) mass is 652 g/mol. The first-order chi connectivity index (χ1) is 20.5. The highest BCUT2D eigenvalue weighted by Gasteiger charge is 2.26. The number of anilines is 1. The number of hydrogen-bond acceptors (Lipinski definition) is 9. The number of nitrogens with zero attached hydrogens (tertiary/aromatic N) is 1. The molecule has 0 aliphatic carbocycles. The number of halogens is 1. The molecule has 0 radical (unpaired) electrons. The van der Waals surface area contributed by atoms with Gasteiger partial charge in [-0.3, -0.25) is 24.2 Å². The molecule has 17 heteroatoms. The predicted molar refractivity (Wildman–Crippen MR) is 170 cm³/mol. The fourth-order valence-electron chi connectivity index (χ4n) is 3.95. The van der Waals surface area contributed by atoms with Crippen molar-refractivity contribution in [1.82, 2.24) is 16.0 Å². The summed E-state index contributed by atoms with van der Waals surface area (Å²) < 4.78 is 10.4.